The number of rotatable bonds is 5. The maximum atomic E-state index is 12.7. The largest absolute Gasteiger partial charge is 0.471 e. The third kappa shape index (κ3) is 4.17. The zero-order chi connectivity index (χ0) is 22.2. The summed E-state index contributed by atoms with van der Waals surface area (Å²) in [6.07, 6.45) is -0.671. The van der Waals surface area contributed by atoms with E-state index in [4.69, 9.17) is 9.26 Å². The van der Waals surface area contributed by atoms with E-state index in [0.717, 1.165) is 12.1 Å². The maximum absolute atomic E-state index is 12.7. The Labute approximate surface area is 172 Å². The minimum Gasteiger partial charge on any atom is -0.471 e. The summed E-state index contributed by atoms with van der Waals surface area (Å²) in [5.41, 5.74) is 0.608. The molecule has 0 aliphatic carbocycles. The first-order chi connectivity index (χ1) is 14.7. The Bertz CT molecular complexity index is 1270. The first-order valence-electron chi connectivity index (χ1n) is 8.90. The third-order valence-corrected chi connectivity index (χ3v) is 4.48. The van der Waals surface area contributed by atoms with Gasteiger partial charge in [0.1, 0.15) is 6.61 Å². The van der Waals surface area contributed by atoms with Crippen molar-refractivity contribution in [3.8, 4) is 28.7 Å². The molecule has 0 aliphatic heterocycles. The molecule has 0 fully saturated rings. The zero-order valence-corrected chi connectivity index (χ0v) is 16.3. The molecule has 0 aromatic carbocycles. The van der Waals surface area contributed by atoms with Crippen molar-refractivity contribution < 1.29 is 22.4 Å². The van der Waals surface area contributed by atoms with Crippen molar-refractivity contribution in [3.05, 3.63) is 64.5 Å². The highest BCUT2D eigenvalue weighted by molar-refractivity contribution is 5.60. The van der Waals surface area contributed by atoms with E-state index in [1.165, 1.54) is 21.5 Å². The van der Waals surface area contributed by atoms with Crippen LogP contribution in [0.3, 0.4) is 0 Å². The van der Waals surface area contributed by atoms with Crippen LogP contribution in [0.2, 0.25) is 0 Å². The van der Waals surface area contributed by atoms with Crippen LogP contribution in [0.25, 0.3) is 22.8 Å². The second-order valence-corrected chi connectivity index (χ2v) is 6.59. The zero-order valence-electron chi connectivity index (χ0n) is 16.3. The van der Waals surface area contributed by atoms with E-state index in [-0.39, 0.29) is 29.8 Å². The molecule has 0 N–H and O–H groups in total. The van der Waals surface area contributed by atoms with Crippen LogP contribution < -0.4 is 10.3 Å². The van der Waals surface area contributed by atoms with Crippen LogP contribution in [0.1, 0.15) is 11.3 Å². The predicted molar refractivity (Wildman–Crippen MR) is 101 cm³/mol. The number of hydrogen-bond donors (Lipinski definition) is 0. The van der Waals surface area contributed by atoms with E-state index in [9.17, 15) is 18.0 Å². The molecule has 9 nitrogen and oxygen atoms in total. The topological polar surface area (TPSA) is 101 Å². The van der Waals surface area contributed by atoms with Crippen LogP contribution in [0, 0.1) is 0 Å². The fourth-order valence-electron chi connectivity index (χ4n) is 2.76. The Morgan fingerprint density at radius 2 is 1.94 bits per heavy atom. The summed E-state index contributed by atoms with van der Waals surface area (Å²) in [5, 5.41) is 8.09. The molecule has 4 heterocycles. The van der Waals surface area contributed by atoms with E-state index in [1.54, 1.807) is 26.4 Å². The van der Waals surface area contributed by atoms with Gasteiger partial charge in [-0.05, 0) is 12.1 Å². The maximum Gasteiger partial charge on any atom is 0.417 e. The molecule has 0 spiro atoms. The van der Waals surface area contributed by atoms with Crippen LogP contribution in [-0.2, 0) is 26.9 Å². The summed E-state index contributed by atoms with van der Waals surface area (Å²) in [4.78, 5) is 19.6. The average Bonchev–Trinajstić information content (AvgIpc) is 3.35. The van der Waals surface area contributed by atoms with Gasteiger partial charge in [0.15, 0.2) is 0 Å². The van der Waals surface area contributed by atoms with Gasteiger partial charge >= 0.3 is 6.18 Å². The fourth-order valence-corrected chi connectivity index (χ4v) is 2.76. The molecule has 4 aromatic heterocycles. The van der Waals surface area contributed by atoms with Gasteiger partial charge in [0, 0.05) is 44.2 Å². The van der Waals surface area contributed by atoms with Gasteiger partial charge in [-0.2, -0.15) is 23.3 Å². The number of aryl methyl sites for hydroxylation is 2. The molecule has 0 atom stereocenters. The minimum absolute atomic E-state index is 0.0246. The predicted octanol–water partition coefficient (Wildman–Crippen LogP) is 2.83. The molecule has 0 bridgehead atoms. The van der Waals surface area contributed by atoms with Crippen molar-refractivity contribution in [2.45, 2.75) is 12.8 Å². The normalized spacial score (nSPS) is 11.6. The number of aromatic nitrogens is 6. The number of hydrogen-bond acceptors (Lipinski definition) is 7. The highest BCUT2D eigenvalue weighted by atomic mass is 19.4. The molecule has 0 amide bonds. The molecule has 31 heavy (non-hydrogen) atoms. The lowest BCUT2D eigenvalue weighted by Gasteiger charge is -2.09. The molecule has 160 valence electrons. The van der Waals surface area contributed by atoms with Crippen molar-refractivity contribution in [3.63, 3.8) is 0 Å². The third-order valence-electron chi connectivity index (χ3n) is 4.48. The van der Waals surface area contributed by atoms with Crippen molar-refractivity contribution >= 4 is 0 Å². The summed E-state index contributed by atoms with van der Waals surface area (Å²) in [6, 6.07) is 5.01. The average molecular weight is 432 g/mol. The van der Waals surface area contributed by atoms with Crippen LogP contribution in [0.5, 0.6) is 5.88 Å². The molecule has 0 saturated heterocycles. The van der Waals surface area contributed by atoms with Gasteiger partial charge in [-0.25, -0.2) is 4.98 Å². The van der Waals surface area contributed by atoms with E-state index < -0.39 is 11.7 Å². The SMILES string of the molecule is Cn1ncc(-c2nc(-c3ccc(=O)n(C)c3)no2)c1COc1ccc(C(F)(F)F)cn1. The van der Waals surface area contributed by atoms with E-state index >= 15 is 0 Å². The summed E-state index contributed by atoms with van der Waals surface area (Å²) in [6.45, 7) is -0.0399. The van der Waals surface area contributed by atoms with Gasteiger partial charge < -0.3 is 13.8 Å². The molecule has 0 unspecified atom stereocenters. The second kappa shape index (κ2) is 7.70. The Hall–Kier alpha value is -3.96. The fraction of sp³-hybridized carbons (Fsp3) is 0.211. The molecular weight excluding hydrogens is 417 g/mol. The van der Waals surface area contributed by atoms with Crippen molar-refractivity contribution in [2.24, 2.45) is 14.1 Å². The van der Waals surface area contributed by atoms with Gasteiger partial charge in [0.2, 0.25) is 17.3 Å². The lowest BCUT2D eigenvalue weighted by atomic mass is 10.2. The molecule has 0 saturated carbocycles. The summed E-state index contributed by atoms with van der Waals surface area (Å²) in [7, 11) is 3.28. The monoisotopic (exact) mass is 432 g/mol. The van der Waals surface area contributed by atoms with Gasteiger partial charge in [-0.15, -0.1) is 0 Å². The summed E-state index contributed by atoms with van der Waals surface area (Å²) < 4.78 is 51.7. The van der Waals surface area contributed by atoms with E-state index in [1.807, 2.05) is 0 Å². The number of pyridine rings is 2. The van der Waals surface area contributed by atoms with Crippen molar-refractivity contribution in [2.75, 3.05) is 0 Å². The molecule has 4 rings (SSSR count). The molecule has 0 aliphatic rings. The first kappa shape index (κ1) is 20.3. The van der Waals surface area contributed by atoms with Crippen molar-refractivity contribution in [1.29, 1.82) is 0 Å². The smallest absolute Gasteiger partial charge is 0.417 e. The highest BCUT2D eigenvalue weighted by Crippen LogP contribution is 2.30. The number of ether oxygens (including phenoxy) is 1. The van der Waals surface area contributed by atoms with E-state index in [0.29, 0.717) is 23.0 Å². The van der Waals surface area contributed by atoms with Gasteiger partial charge in [0.25, 0.3) is 5.89 Å². The Balaban J connectivity index is 1.55. The Morgan fingerprint density at radius 3 is 2.61 bits per heavy atom. The highest BCUT2D eigenvalue weighted by Gasteiger charge is 2.30. The molecular formula is C19H15F3N6O3. The number of alkyl halides is 3. The molecule has 0 radical (unpaired) electrons. The Morgan fingerprint density at radius 1 is 1.13 bits per heavy atom. The summed E-state index contributed by atoms with van der Waals surface area (Å²) in [5.74, 6) is 0.484. The van der Waals surface area contributed by atoms with Gasteiger partial charge in [-0.1, -0.05) is 5.16 Å². The lowest BCUT2D eigenvalue weighted by Crippen LogP contribution is -2.14. The minimum atomic E-state index is -4.47. The number of nitrogens with zero attached hydrogens (tertiary/aromatic N) is 6. The first-order valence-corrected chi connectivity index (χ1v) is 8.90. The van der Waals surface area contributed by atoms with E-state index in [2.05, 4.69) is 20.2 Å². The van der Waals surface area contributed by atoms with Gasteiger partial charge in [0.05, 0.1) is 23.0 Å². The standard InChI is InChI=1S/C19H15F3N6O3/c1-27-9-11(3-6-16(27)29)17-25-18(31-26-17)13-8-24-28(2)14(13)10-30-15-5-4-12(7-23-15)19(20,21)22/h3-9H,10H2,1-2H3. The van der Waals surface area contributed by atoms with Crippen LogP contribution >= 0.6 is 0 Å². The second-order valence-electron chi connectivity index (χ2n) is 6.59. The molecule has 4 aromatic rings. The quantitative estimate of drug-likeness (QED) is 0.478. The van der Waals surface area contributed by atoms with Crippen LogP contribution in [-0.4, -0.2) is 29.5 Å². The molecule has 12 heteroatoms. The van der Waals surface area contributed by atoms with Crippen molar-refractivity contribution in [1.82, 2.24) is 29.5 Å². The summed E-state index contributed by atoms with van der Waals surface area (Å²) >= 11 is 0. The Kier molecular flexibility index (Phi) is 5.05. The van der Waals surface area contributed by atoms with Gasteiger partial charge in [-0.3, -0.25) is 9.48 Å². The number of halogens is 3. The van der Waals surface area contributed by atoms with Crippen LogP contribution in [0.4, 0.5) is 13.2 Å². The lowest BCUT2D eigenvalue weighted by molar-refractivity contribution is -0.137. The van der Waals surface area contributed by atoms with Crippen LogP contribution in [0.15, 0.2) is 52.2 Å².